The van der Waals surface area contributed by atoms with Crippen LogP contribution in [0.4, 0.5) is 4.39 Å². The van der Waals surface area contributed by atoms with Gasteiger partial charge in [-0.2, -0.15) is 0 Å². The Kier molecular flexibility index (Phi) is 2.63. The third-order valence-electron chi connectivity index (χ3n) is 4.20. The molecule has 0 radical (unpaired) electrons. The van der Waals surface area contributed by atoms with Crippen molar-refractivity contribution in [2.24, 2.45) is 5.73 Å². The lowest BCUT2D eigenvalue weighted by Gasteiger charge is -2.40. The molecule has 1 heterocycles. The maximum absolute atomic E-state index is 13.4. The lowest BCUT2D eigenvalue weighted by atomic mass is 9.68. The first-order valence-electron chi connectivity index (χ1n) is 6.56. The molecule has 3 rings (SSSR count). The van der Waals surface area contributed by atoms with Crippen molar-refractivity contribution in [2.75, 3.05) is 6.54 Å². The van der Waals surface area contributed by atoms with Crippen molar-refractivity contribution in [3.05, 3.63) is 29.8 Å². The van der Waals surface area contributed by atoms with Gasteiger partial charge in [0.15, 0.2) is 0 Å². The minimum absolute atomic E-state index is 0.0194. The van der Waals surface area contributed by atoms with Gasteiger partial charge in [-0.05, 0) is 38.0 Å². The van der Waals surface area contributed by atoms with Crippen LogP contribution in [0.15, 0.2) is 18.2 Å². The Bertz CT molecular complexity index is 578. The van der Waals surface area contributed by atoms with E-state index in [0.717, 1.165) is 36.2 Å². The van der Waals surface area contributed by atoms with Crippen LogP contribution in [0.5, 0.6) is 0 Å². The summed E-state index contributed by atoms with van der Waals surface area (Å²) in [6.45, 7) is 3.49. The summed E-state index contributed by atoms with van der Waals surface area (Å²) in [6, 6.07) is 4.79. The van der Waals surface area contributed by atoms with Gasteiger partial charge >= 0.3 is 0 Å². The molecule has 4 heteroatoms. The summed E-state index contributed by atoms with van der Waals surface area (Å²) in [5, 5.41) is 0. The maximum atomic E-state index is 13.4. The molecule has 96 valence electrons. The summed E-state index contributed by atoms with van der Waals surface area (Å²) in [5.41, 5.74) is 7.72. The largest absolute Gasteiger partial charge is 0.329 e. The number of rotatable bonds is 3. The molecule has 0 spiro atoms. The Morgan fingerprint density at radius 1 is 1.44 bits per heavy atom. The van der Waals surface area contributed by atoms with E-state index in [2.05, 4.69) is 11.5 Å². The minimum atomic E-state index is -0.209. The zero-order valence-electron chi connectivity index (χ0n) is 10.6. The van der Waals surface area contributed by atoms with Gasteiger partial charge in [-0.1, -0.05) is 6.42 Å². The standard InChI is InChI=1S/C14H18FN3/c1-2-18-12-8-10(15)4-5-11(12)17-13(18)14(9-16)6-3-7-14/h4-5,8H,2-3,6-7,9,16H2,1H3. The van der Waals surface area contributed by atoms with Gasteiger partial charge in [-0.15, -0.1) is 0 Å². The van der Waals surface area contributed by atoms with Gasteiger partial charge in [-0.3, -0.25) is 0 Å². The summed E-state index contributed by atoms with van der Waals surface area (Å²) < 4.78 is 15.5. The first-order valence-corrected chi connectivity index (χ1v) is 6.56. The van der Waals surface area contributed by atoms with E-state index in [-0.39, 0.29) is 11.2 Å². The molecule has 1 fully saturated rings. The number of imidazole rings is 1. The van der Waals surface area contributed by atoms with Gasteiger partial charge in [0.2, 0.25) is 0 Å². The average molecular weight is 247 g/mol. The zero-order valence-corrected chi connectivity index (χ0v) is 10.6. The normalized spacial score (nSPS) is 17.9. The number of fused-ring (bicyclic) bond motifs is 1. The fraction of sp³-hybridized carbons (Fsp3) is 0.500. The molecular weight excluding hydrogens is 229 g/mol. The molecule has 0 saturated heterocycles. The number of hydrogen-bond donors (Lipinski definition) is 1. The third-order valence-corrected chi connectivity index (χ3v) is 4.20. The number of aromatic nitrogens is 2. The van der Waals surface area contributed by atoms with Crippen LogP contribution in [0.1, 0.15) is 32.0 Å². The highest BCUT2D eigenvalue weighted by Gasteiger charge is 2.41. The van der Waals surface area contributed by atoms with Crippen LogP contribution in [0.25, 0.3) is 11.0 Å². The Morgan fingerprint density at radius 3 is 2.78 bits per heavy atom. The maximum Gasteiger partial charge on any atom is 0.125 e. The summed E-state index contributed by atoms with van der Waals surface area (Å²) in [5.74, 6) is 0.832. The SMILES string of the molecule is CCn1c(C2(CN)CCC2)nc2ccc(F)cc21. The van der Waals surface area contributed by atoms with Crippen molar-refractivity contribution in [2.45, 2.75) is 38.1 Å². The van der Waals surface area contributed by atoms with Crippen LogP contribution in [-0.4, -0.2) is 16.1 Å². The Balaban J connectivity index is 2.23. The van der Waals surface area contributed by atoms with E-state index in [1.807, 2.05) is 0 Å². The number of benzene rings is 1. The van der Waals surface area contributed by atoms with Crippen LogP contribution in [0.2, 0.25) is 0 Å². The fourth-order valence-electron chi connectivity index (χ4n) is 2.94. The Labute approximate surface area is 106 Å². The summed E-state index contributed by atoms with van der Waals surface area (Å²) >= 11 is 0. The quantitative estimate of drug-likeness (QED) is 0.906. The van der Waals surface area contributed by atoms with Crippen LogP contribution in [0, 0.1) is 5.82 Å². The van der Waals surface area contributed by atoms with E-state index in [1.165, 1.54) is 12.5 Å². The molecule has 0 bridgehead atoms. The average Bonchev–Trinajstić information content (AvgIpc) is 2.66. The molecule has 1 saturated carbocycles. The predicted molar refractivity (Wildman–Crippen MR) is 69.9 cm³/mol. The molecule has 0 amide bonds. The second-order valence-corrected chi connectivity index (χ2v) is 5.15. The molecule has 1 aliphatic rings. The van der Waals surface area contributed by atoms with Gasteiger partial charge < -0.3 is 10.3 Å². The molecule has 1 aromatic heterocycles. The van der Waals surface area contributed by atoms with Crippen LogP contribution < -0.4 is 5.73 Å². The third kappa shape index (κ3) is 1.48. The molecule has 2 aromatic rings. The van der Waals surface area contributed by atoms with Crippen molar-refractivity contribution in [3.63, 3.8) is 0 Å². The monoisotopic (exact) mass is 247 g/mol. The smallest absolute Gasteiger partial charge is 0.125 e. The highest BCUT2D eigenvalue weighted by molar-refractivity contribution is 5.76. The van der Waals surface area contributed by atoms with Crippen LogP contribution in [0.3, 0.4) is 0 Å². The lowest BCUT2D eigenvalue weighted by Crippen LogP contribution is -2.43. The Morgan fingerprint density at radius 2 is 2.22 bits per heavy atom. The van der Waals surface area contributed by atoms with Crippen molar-refractivity contribution in [1.29, 1.82) is 0 Å². The van der Waals surface area contributed by atoms with Gasteiger partial charge in [-0.25, -0.2) is 9.37 Å². The Hall–Kier alpha value is -1.42. The van der Waals surface area contributed by atoms with Crippen molar-refractivity contribution >= 4 is 11.0 Å². The second-order valence-electron chi connectivity index (χ2n) is 5.15. The van der Waals surface area contributed by atoms with Gasteiger partial charge in [0.1, 0.15) is 11.6 Å². The number of nitrogens with two attached hydrogens (primary N) is 1. The second kappa shape index (κ2) is 4.05. The van der Waals surface area contributed by atoms with E-state index in [9.17, 15) is 4.39 Å². The van der Waals surface area contributed by atoms with Gasteiger partial charge in [0, 0.05) is 18.5 Å². The van der Waals surface area contributed by atoms with Gasteiger partial charge in [0.25, 0.3) is 0 Å². The fourth-order valence-corrected chi connectivity index (χ4v) is 2.94. The summed E-state index contributed by atoms with van der Waals surface area (Å²) in [4.78, 5) is 4.71. The van der Waals surface area contributed by atoms with Crippen molar-refractivity contribution < 1.29 is 4.39 Å². The van der Waals surface area contributed by atoms with E-state index in [1.54, 1.807) is 12.1 Å². The topological polar surface area (TPSA) is 43.8 Å². The number of nitrogens with zero attached hydrogens (tertiary/aromatic N) is 2. The number of aryl methyl sites for hydroxylation is 1. The number of hydrogen-bond acceptors (Lipinski definition) is 2. The first-order chi connectivity index (χ1) is 8.70. The highest BCUT2D eigenvalue weighted by atomic mass is 19.1. The highest BCUT2D eigenvalue weighted by Crippen LogP contribution is 2.43. The molecule has 1 aliphatic carbocycles. The number of halogens is 1. The van der Waals surface area contributed by atoms with E-state index in [4.69, 9.17) is 10.7 Å². The van der Waals surface area contributed by atoms with E-state index >= 15 is 0 Å². The molecule has 3 nitrogen and oxygen atoms in total. The molecule has 18 heavy (non-hydrogen) atoms. The molecule has 0 unspecified atom stereocenters. The van der Waals surface area contributed by atoms with E-state index in [0.29, 0.717) is 6.54 Å². The summed E-state index contributed by atoms with van der Waals surface area (Å²) in [7, 11) is 0. The van der Waals surface area contributed by atoms with Crippen molar-refractivity contribution in [1.82, 2.24) is 9.55 Å². The predicted octanol–water partition coefficient (Wildman–Crippen LogP) is 2.58. The molecular formula is C14H18FN3. The minimum Gasteiger partial charge on any atom is -0.329 e. The van der Waals surface area contributed by atoms with Crippen LogP contribution in [-0.2, 0) is 12.0 Å². The molecule has 0 atom stereocenters. The molecule has 0 aliphatic heterocycles. The first kappa shape index (κ1) is 11.7. The van der Waals surface area contributed by atoms with E-state index < -0.39 is 0 Å². The van der Waals surface area contributed by atoms with Crippen LogP contribution >= 0.6 is 0 Å². The molecule has 1 aromatic carbocycles. The lowest BCUT2D eigenvalue weighted by molar-refractivity contribution is 0.231. The van der Waals surface area contributed by atoms with Gasteiger partial charge in [0.05, 0.1) is 11.0 Å². The molecule has 2 N–H and O–H groups in total. The summed E-state index contributed by atoms with van der Waals surface area (Å²) in [6.07, 6.45) is 3.39. The van der Waals surface area contributed by atoms with Crippen molar-refractivity contribution in [3.8, 4) is 0 Å². The zero-order chi connectivity index (χ0) is 12.8.